The molecule has 7 heteroatoms. The van der Waals surface area contributed by atoms with Crippen LogP contribution in [0.2, 0.25) is 0 Å². The molecule has 0 spiro atoms. The van der Waals surface area contributed by atoms with E-state index in [0.29, 0.717) is 10.0 Å². The van der Waals surface area contributed by atoms with Gasteiger partial charge in [-0.2, -0.15) is 0 Å². The van der Waals surface area contributed by atoms with E-state index in [4.69, 9.17) is 0 Å². The van der Waals surface area contributed by atoms with Crippen LogP contribution in [0.1, 0.15) is 20.7 Å². The number of carbonyl (C=O) groups is 2. The molecule has 0 aliphatic carbocycles. The number of halogens is 3. The fourth-order valence-corrected chi connectivity index (χ4v) is 3.38. The van der Waals surface area contributed by atoms with Gasteiger partial charge in [0.15, 0.2) is 0 Å². The lowest BCUT2D eigenvalue weighted by Gasteiger charge is -2.10. The van der Waals surface area contributed by atoms with Crippen molar-refractivity contribution in [1.82, 2.24) is 0 Å². The Balaban J connectivity index is 2.34. The third-order valence-corrected chi connectivity index (χ3v) is 4.46. The lowest BCUT2D eigenvalue weighted by atomic mass is 10.1. The zero-order valence-electron chi connectivity index (χ0n) is 10.4. The van der Waals surface area contributed by atoms with Crippen molar-refractivity contribution in [3.63, 3.8) is 0 Å². The number of aromatic carboxylic acids is 1. The molecule has 2 aromatic carbocycles. The molecule has 0 saturated heterocycles. The monoisotopic (exact) mass is 523 g/mol. The van der Waals surface area contributed by atoms with Crippen LogP contribution >= 0.6 is 54.5 Å². The maximum absolute atomic E-state index is 12.3. The molecule has 0 fully saturated rings. The molecule has 1 amide bonds. The van der Waals surface area contributed by atoms with Crippen LogP contribution in [0, 0.1) is 3.57 Å². The Labute approximate surface area is 151 Å². The summed E-state index contributed by atoms with van der Waals surface area (Å²) in [6, 6.07) is 9.97. The van der Waals surface area contributed by atoms with E-state index >= 15 is 0 Å². The predicted octanol–water partition coefficient (Wildman–Crippen LogP) is 4.77. The minimum atomic E-state index is -1.08. The molecule has 2 N–H and O–H groups in total. The highest BCUT2D eigenvalue weighted by Crippen LogP contribution is 2.24. The third-order valence-electron chi connectivity index (χ3n) is 2.64. The van der Waals surface area contributed by atoms with Crippen LogP contribution in [0.4, 0.5) is 5.69 Å². The second kappa shape index (κ2) is 6.89. The number of carbonyl (C=O) groups excluding carboxylic acids is 1. The van der Waals surface area contributed by atoms with Crippen LogP contribution in [-0.4, -0.2) is 17.0 Å². The number of rotatable bonds is 3. The van der Waals surface area contributed by atoms with E-state index < -0.39 is 5.97 Å². The smallest absolute Gasteiger partial charge is 0.337 e. The molecule has 0 radical (unpaired) electrons. The molecular formula is C14H8Br2INO3. The minimum Gasteiger partial charge on any atom is -0.478 e. The highest BCUT2D eigenvalue weighted by Gasteiger charge is 2.15. The van der Waals surface area contributed by atoms with Crippen molar-refractivity contribution in [2.45, 2.75) is 0 Å². The summed E-state index contributed by atoms with van der Waals surface area (Å²) >= 11 is 8.64. The van der Waals surface area contributed by atoms with Gasteiger partial charge in [0, 0.05) is 12.5 Å². The summed E-state index contributed by atoms with van der Waals surface area (Å²) < 4.78 is 2.25. The van der Waals surface area contributed by atoms with Crippen LogP contribution in [-0.2, 0) is 0 Å². The first-order valence-corrected chi connectivity index (χ1v) is 8.34. The molecule has 21 heavy (non-hydrogen) atoms. The summed E-state index contributed by atoms with van der Waals surface area (Å²) in [6.45, 7) is 0. The van der Waals surface area contributed by atoms with Gasteiger partial charge in [0.05, 0.1) is 16.8 Å². The van der Waals surface area contributed by atoms with Crippen LogP contribution in [0.25, 0.3) is 0 Å². The Morgan fingerprint density at radius 2 is 1.76 bits per heavy atom. The van der Waals surface area contributed by atoms with Crippen molar-refractivity contribution in [3.05, 3.63) is 60.0 Å². The third kappa shape index (κ3) is 4.04. The summed E-state index contributed by atoms with van der Waals surface area (Å²) in [5.74, 6) is -1.46. The van der Waals surface area contributed by atoms with Crippen molar-refractivity contribution in [1.29, 1.82) is 0 Å². The first-order chi connectivity index (χ1) is 9.88. The van der Waals surface area contributed by atoms with Gasteiger partial charge in [0.25, 0.3) is 5.91 Å². The fourth-order valence-electron chi connectivity index (χ4n) is 1.67. The number of amides is 1. The average molecular weight is 525 g/mol. The van der Waals surface area contributed by atoms with E-state index in [-0.39, 0.29) is 17.2 Å². The van der Waals surface area contributed by atoms with Gasteiger partial charge < -0.3 is 10.4 Å². The highest BCUT2D eigenvalue weighted by atomic mass is 127. The molecule has 0 bridgehead atoms. The topological polar surface area (TPSA) is 66.4 Å². The summed E-state index contributed by atoms with van der Waals surface area (Å²) in [4.78, 5) is 23.5. The predicted molar refractivity (Wildman–Crippen MR) is 95.9 cm³/mol. The Hall–Kier alpha value is -0.930. The van der Waals surface area contributed by atoms with Gasteiger partial charge >= 0.3 is 5.97 Å². The zero-order valence-corrected chi connectivity index (χ0v) is 15.7. The fraction of sp³-hybridized carbons (Fsp3) is 0. The Kier molecular flexibility index (Phi) is 5.39. The number of hydrogen-bond donors (Lipinski definition) is 2. The van der Waals surface area contributed by atoms with Crippen molar-refractivity contribution in [2.24, 2.45) is 0 Å². The molecule has 4 nitrogen and oxygen atoms in total. The number of carboxylic acids is 1. The minimum absolute atomic E-state index is 0.0588. The van der Waals surface area contributed by atoms with E-state index in [9.17, 15) is 14.7 Å². The molecule has 0 atom stereocenters. The van der Waals surface area contributed by atoms with Crippen molar-refractivity contribution in [3.8, 4) is 0 Å². The lowest BCUT2D eigenvalue weighted by molar-refractivity contribution is 0.0698. The van der Waals surface area contributed by atoms with Gasteiger partial charge in [-0.25, -0.2) is 4.79 Å². The molecule has 108 valence electrons. The summed E-state index contributed by atoms with van der Waals surface area (Å²) in [5, 5.41) is 11.8. The van der Waals surface area contributed by atoms with E-state index in [0.717, 1.165) is 8.04 Å². The van der Waals surface area contributed by atoms with Crippen LogP contribution in [0.5, 0.6) is 0 Å². The molecule has 0 aliphatic heterocycles. The second-order valence-electron chi connectivity index (χ2n) is 4.07. The van der Waals surface area contributed by atoms with E-state index in [1.165, 1.54) is 6.07 Å². The van der Waals surface area contributed by atoms with Gasteiger partial charge in [-0.1, -0.05) is 15.9 Å². The van der Waals surface area contributed by atoms with Gasteiger partial charge in [0.1, 0.15) is 0 Å². The number of hydrogen-bond acceptors (Lipinski definition) is 2. The number of nitrogens with one attached hydrogen (secondary N) is 1. The maximum Gasteiger partial charge on any atom is 0.337 e. The number of benzene rings is 2. The molecule has 0 heterocycles. The second-order valence-corrected chi connectivity index (χ2v) is 7.09. The largest absolute Gasteiger partial charge is 0.478 e. The molecule has 2 rings (SSSR count). The normalized spacial score (nSPS) is 10.2. The van der Waals surface area contributed by atoms with Crippen LogP contribution in [0.3, 0.4) is 0 Å². The first-order valence-electron chi connectivity index (χ1n) is 5.67. The van der Waals surface area contributed by atoms with Crippen LogP contribution < -0.4 is 5.32 Å². The quantitative estimate of drug-likeness (QED) is 0.569. The average Bonchev–Trinajstić information content (AvgIpc) is 2.40. The molecule has 0 aliphatic rings. The Bertz CT molecular complexity index is 734. The highest BCUT2D eigenvalue weighted by molar-refractivity contribution is 14.1. The standard InChI is InChI=1S/C14H8Br2INO3/c15-7-1-3-9(11(16)5-7)13(19)18-12-4-2-8(17)6-10(12)14(20)21/h1-6H,(H,18,19)(H,20,21). The molecular weight excluding hydrogens is 517 g/mol. The summed E-state index contributed by atoms with van der Waals surface area (Å²) in [5.41, 5.74) is 0.749. The maximum atomic E-state index is 12.3. The SMILES string of the molecule is O=C(Nc1ccc(I)cc1C(=O)O)c1ccc(Br)cc1Br. The molecule has 0 unspecified atom stereocenters. The molecule has 0 saturated carbocycles. The lowest BCUT2D eigenvalue weighted by Crippen LogP contribution is -2.15. The summed E-state index contributed by atoms with van der Waals surface area (Å²) in [6.07, 6.45) is 0. The van der Waals surface area contributed by atoms with Gasteiger partial charge in [-0.15, -0.1) is 0 Å². The Morgan fingerprint density at radius 3 is 2.38 bits per heavy atom. The van der Waals surface area contributed by atoms with Gasteiger partial charge in [-0.05, 0) is 74.9 Å². The summed E-state index contributed by atoms with van der Waals surface area (Å²) in [7, 11) is 0. The van der Waals surface area contributed by atoms with Crippen molar-refractivity contribution >= 4 is 72.0 Å². The van der Waals surface area contributed by atoms with Gasteiger partial charge in [0.2, 0.25) is 0 Å². The van der Waals surface area contributed by atoms with E-state index in [1.54, 1.807) is 30.3 Å². The number of anilines is 1. The first kappa shape index (κ1) is 16.4. The zero-order chi connectivity index (χ0) is 15.6. The van der Waals surface area contributed by atoms with E-state index in [1.807, 2.05) is 22.6 Å². The molecule has 2 aromatic rings. The van der Waals surface area contributed by atoms with Crippen molar-refractivity contribution in [2.75, 3.05) is 5.32 Å². The van der Waals surface area contributed by atoms with Crippen molar-refractivity contribution < 1.29 is 14.7 Å². The van der Waals surface area contributed by atoms with Crippen LogP contribution in [0.15, 0.2) is 45.3 Å². The Morgan fingerprint density at radius 1 is 1.05 bits per heavy atom. The number of carboxylic acid groups (broad SMARTS) is 1. The van der Waals surface area contributed by atoms with E-state index in [2.05, 4.69) is 37.2 Å². The molecule has 0 aromatic heterocycles. The van der Waals surface area contributed by atoms with Gasteiger partial charge in [-0.3, -0.25) is 4.79 Å².